The fourth-order valence-electron chi connectivity index (χ4n) is 1.59. The van der Waals surface area contributed by atoms with Gasteiger partial charge in [-0.3, -0.25) is 4.79 Å². The zero-order valence-corrected chi connectivity index (χ0v) is 11.6. The zero-order chi connectivity index (χ0) is 13.1. The van der Waals surface area contributed by atoms with Crippen LogP contribution in [0.2, 0.25) is 5.02 Å². The number of hydrogen-bond donors (Lipinski definition) is 0. The van der Waals surface area contributed by atoms with E-state index in [0.29, 0.717) is 16.1 Å². The molecule has 2 rings (SSSR count). The van der Waals surface area contributed by atoms with Crippen molar-refractivity contribution in [1.82, 2.24) is 0 Å². The van der Waals surface area contributed by atoms with Gasteiger partial charge in [-0.25, -0.2) is 4.39 Å². The lowest BCUT2D eigenvalue weighted by Gasteiger charge is -2.04. The quantitative estimate of drug-likeness (QED) is 0.749. The highest BCUT2D eigenvalue weighted by atomic mass is 79.9. The van der Waals surface area contributed by atoms with Crippen LogP contribution in [0.3, 0.4) is 0 Å². The average molecular weight is 328 g/mol. The van der Waals surface area contributed by atoms with Crippen molar-refractivity contribution in [2.75, 3.05) is 0 Å². The largest absolute Gasteiger partial charge is 0.294 e. The lowest BCUT2D eigenvalue weighted by atomic mass is 10.0. The van der Waals surface area contributed by atoms with Gasteiger partial charge in [0.1, 0.15) is 5.82 Å². The van der Waals surface area contributed by atoms with E-state index in [-0.39, 0.29) is 18.0 Å². The minimum absolute atomic E-state index is 0.0713. The van der Waals surface area contributed by atoms with Crippen LogP contribution in [0.15, 0.2) is 46.9 Å². The molecule has 0 atom stereocenters. The first kappa shape index (κ1) is 13.2. The Morgan fingerprint density at radius 2 is 1.83 bits per heavy atom. The fraction of sp³-hybridized carbons (Fsp3) is 0.0714. The van der Waals surface area contributed by atoms with Crippen molar-refractivity contribution in [2.45, 2.75) is 6.42 Å². The molecule has 0 heterocycles. The first-order valence-corrected chi connectivity index (χ1v) is 6.46. The molecular formula is C14H9BrClFO. The van der Waals surface area contributed by atoms with Crippen LogP contribution in [-0.4, -0.2) is 5.78 Å². The number of halogens is 3. The third kappa shape index (κ3) is 3.18. The predicted octanol–water partition coefficient (Wildman–Crippen LogP) is 4.67. The smallest absolute Gasteiger partial charge is 0.167 e. The topological polar surface area (TPSA) is 17.1 Å². The molecule has 4 heteroatoms. The third-order valence-corrected chi connectivity index (χ3v) is 3.55. The van der Waals surface area contributed by atoms with Crippen molar-refractivity contribution in [3.63, 3.8) is 0 Å². The maximum absolute atomic E-state index is 13.1. The summed E-state index contributed by atoms with van der Waals surface area (Å²) in [6.45, 7) is 0. The van der Waals surface area contributed by atoms with Crippen molar-refractivity contribution in [3.8, 4) is 0 Å². The van der Waals surface area contributed by atoms with E-state index in [1.165, 1.54) is 12.1 Å². The van der Waals surface area contributed by atoms with Gasteiger partial charge in [0.05, 0.1) is 0 Å². The van der Waals surface area contributed by atoms with E-state index >= 15 is 0 Å². The van der Waals surface area contributed by atoms with E-state index in [4.69, 9.17) is 11.6 Å². The molecule has 0 aromatic heterocycles. The van der Waals surface area contributed by atoms with Gasteiger partial charge in [0.15, 0.2) is 5.78 Å². The van der Waals surface area contributed by atoms with Gasteiger partial charge in [-0.1, -0.05) is 27.5 Å². The average Bonchev–Trinajstić information content (AvgIpc) is 2.34. The zero-order valence-electron chi connectivity index (χ0n) is 9.29. The number of Topliss-reactive ketones (excluding diaryl/α,β-unsaturated/α-hetero) is 1. The van der Waals surface area contributed by atoms with E-state index in [1.807, 2.05) is 0 Å². The van der Waals surface area contributed by atoms with Crippen molar-refractivity contribution < 1.29 is 9.18 Å². The summed E-state index contributed by atoms with van der Waals surface area (Å²) in [5, 5.41) is 0.582. The van der Waals surface area contributed by atoms with E-state index in [2.05, 4.69) is 15.9 Å². The van der Waals surface area contributed by atoms with E-state index in [9.17, 15) is 9.18 Å². The van der Waals surface area contributed by atoms with Gasteiger partial charge in [-0.15, -0.1) is 0 Å². The molecule has 1 nitrogen and oxygen atoms in total. The van der Waals surface area contributed by atoms with Crippen molar-refractivity contribution >= 4 is 33.3 Å². The number of rotatable bonds is 3. The van der Waals surface area contributed by atoms with Crippen molar-refractivity contribution in [3.05, 3.63) is 68.9 Å². The van der Waals surface area contributed by atoms with E-state index in [0.717, 1.165) is 4.47 Å². The normalized spacial score (nSPS) is 10.4. The van der Waals surface area contributed by atoms with Gasteiger partial charge in [-0.05, 0) is 48.0 Å². The third-order valence-electron chi connectivity index (χ3n) is 2.52. The molecule has 0 bridgehead atoms. The Morgan fingerprint density at radius 1 is 1.17 bits per heavy atom. The van der Waals surface area contributed by atoms with Crippen LogP contribution in [0.1, 0.15) is 15.9 Å². The van der Waals surface area contributed by atoms with Gasteiger partial charge in [-0.2, -0.15) is 0 Å². The van der Waals surface area contributed by atoms with Gasteiger partial charge in [0.2, 0.25) is 0 Å². The molecule has 18 heavy (non-hydrogen) atoms. The molecule has 92 valence electrons. The van der Waals surface area contributed by atoms with Gasteiger partial charge < -0.3 is 0 Å². The monoisotopic (exact) mass is 326 g/mol. The van der Waals surface area contributed by atoms with Crippen molar-refractivity contribution in [1.29, 1.82) is 0 Å². The lowest BCUT2D eigenvalue weighted by molar-refractivity contribution is 0.0993. The molecule has 0 unspecified atom stereocenters. The number of hydrogen-bond acceptors (Lipinski definition) is 1. The molecule has 2 aromatic rings. The van der Waals surface area contributed by atoms with Crippen LogP contribution in [0.4, 0.5) is 4.39 Å². The summed E-state index contributed by atoms with van der Waals surface area (Å²) in [6.07, 6.45) is 0.153. The highest BCUT2D eigenvalue weighted by Crippen LogP contribution is 2.20. The van der Waals surface area contributed by atoms with Gasteiger partial charge in [0, 0.05) is 21.5 Å². The summed E-state index contributed by atoms with van der Waals surface area (Å²) in [5.41, 5.74) is 1.20. The van der Waals surface area contributed by atoms with Gasteiger partial charge in [0.25, 0.3) is 0 Å². The molecule has 0 saturated heterocycles. The molecule has 0 saturated carbocycles. The summed E-state index contributed by atoms with van der Waals surface area (Å²) in [7, 11) is 0. The summed E-state index contributed by atoms with van der Waals surface area (Å²) in [5.74, 6) is -0.421. The molecule has 0 fully saturated rings. The van der Waals surface area contributed by atoms with E-state index < -0.39 is 0 Å². The first-order chi connectivity index (χ1) is 8.56. The lowest BCUT2D eigenvalue weighted by Crippen LogP contribution is -2.04. The SMILES string of the molecule is O=C(Cc1cc(F)ccc1Br)c1ccc(Cl)cc1. The number of carbonyl (C=O) groups excluding carboxylic acids is 1. The number of carbonyl (C=O) groups is 1. The second-order valence-electron chi connectivity index (χ2n) is 3.84. The number of benzene rings is 2. The Bertz CT molecular complexity index is 581. The Morgan fingerprint density at radius 3 is 2.50 bits per heavy atom. The fourth-order valence-corrected chi connectivity index (χ4v) is 2.10. The Hall–Kier alpha value is -1.19. The minimum Gasteiger partial charge on any atom is -0.294 e. The molecule has 0 aliphatic carbocycles. The summed E-state index contributed by atoms with van der Waals surface area (Å²) >= 11 is 9.06. The van der Waals surface area contributed by atoms with Crippen LogP contribution in [0.25, 0.3) is 0 Å². The highest BCUT2D eigenvalue weighted by molar-refractivity contribution is 9.10. The Labute approximate surface area is 118 Å². The number of ketones is 1. The van der Waals surface area contributed by atoms with Crippen LogP contribution in [0.5, 0.6) is 0 Å². The van der Waals surface area contributed by atoms with Crippen LogP contribution >= 0.6 is 27.5 Å². The van der Waals surface area contributed by atoms with E-state index in [1.54, 1.807) is 30.3 Å². The van der Waals surface area contributed by atoms with Crippen LogP contribution in [0, 0.1) is 5.82 Å². The second-order valence-corrected chi connectivity index (χ2v) is 5.13. The van der Waals surface area contributed by atoms with Gasteiger partial charge >= 0.3 is 0 Å². The van der Waals surface area contributed by atoms with Crippen molar-refractivity contribution in [2.24, 2.45) is 0 Å². The summed E-state index contributed by atoms with van der Waals surface area (Å²) in [4.78, 5) is 12.0. The maximum atomic E-state index is 13.1. The molecule has 0 aliphatic rings. The second kappa shape index (κ2) is 5.63. The molecule has 0 radical (unpaired) electrons. The standard InChI is InChI=1S/C14H9BrClFO/c15-13-6-5-12(17)7-10(13)8-14(18)9-1-3-11(16)4-2-9/h1-7H,8H2. The summed E-state index contributed by atoms with van der Waals surface area (Å²) < 4.78 is 13.8. The highest BCUT2D eigenvalue weighted by Gasteiger charge is 2.10. The Kier molecular flexibility index (Phi) is 4.15. The molecule has 0 aliphatic heterocycles. The Balaban J connectivity index is 2.21. The predicted molar refractivity (Wildman–Crippen MR) is 73.6 cm³/mol. The molecule has 0 amide bonds. The minimum atomic E-state index is -0.350. The first-order valence-electron chi connectivity index (χ1n) is 5.29. The van der Waals surface area contributed by atoms with Crippen LogP contribution in [-0.2, 0) is 6.42 Å². The molecule has 0 N–H and O–H groups in total. The molecule has 2 aromatic carbocycles. The summed E-state index contributed by atoms with van der Waals surface area (Å²) in [6, 6.07) is 11.0. The molecular weight excluding hydrogens is 319 g/mol. The maximum Gasteiger partial charge on any atom is 0.167 e. The van der Waals surface area contributed by atoms with Crippen LogP contribution < -0.4 is 0 Å². The molecule has 0 spiro atoms.